The Morgan fingerprint density at radius 2 is 1.74 bits per heavy atom. The van der Waals surface area contributed by atoms with Crippen molar-refractivity contribution in [2.45, 2.75) is 0 Å². The summed E-state index contributed by atoms with van der Waals surface area (Å²) in [4.78, 5) is 0. The molecule has 5 heteroatoms. The molecule has 2 heterocycles. The fourth-order valence-electron chi connectivity index (χ4n) is 2.34. The first-order valence-corrected chi connectivity index (χ1v) is 6.33. The molecule has 0 unspecified atom stereocenters. The van der Waals surface area contributed by atoms with Gasteiger partial charge < -0.3 is 19.4 Å². The van der Waals surface area contributed by atoms with E-state index in [1.807, 2.05) is 42.5 Å². The quantitative estimate of drug-likeness (QED) is 0.784. The molecule has 0 amide bonds. The normalized spacial score (nSPS) is 15.5. The van der Waals surface area contributed by atoms with Crippen molar-refractivity contribution in [2.75, 3.05) is 18.5 Å². The van der Waals surface area contributed by atoms with Gasteiger partial charge in [-0.15, -0.1) is 0 Å². The van der Waals surface area contributed by atoms with Crippen LogP contribution in [0.2, 0.25) is 0 Å². The summed E-state index contributed by atoms with van der Waals surface area (Å²) in [5.41, 5.74) is 1.97. The van der Waals surface area contributed by atoms with Crippen molar-refractivity contribution in [1.29, 1.82) is 0 Å². The molecule has 0 aliphatic carbocycles. The Balaban J connectivity index is 1.64. The number of rotatable bonds is 1. The van der Waals surface area contributed by atoms with Gasteiger partial charge in [-0.1, -0.05) is 18.2 Å². The molecule has 1 N–H and O–H groups in total. The summed E-state index contributed by atoms with van der Waals surface area (Å²) in [6, 6.07) is 13.6. The second-order valence-electron chi connectivity index (χ2n) is 4.55. The topological polar surface area (TPSA) is 39.7 Å². The van der Waals surface area contributed by atoms with Crippen molar-refractivity contribution < 1.29 is 14.0 Å². The molecule has 0 fully saturated rings. The predicted molar refractivity (Wildman–Crippen MR) is 73.5 cm³/mol. The van der Waals surface area contributed by atoms with Gasteiger partial charge in [0.1, 0.15) is 23.9 Å². The van der Waals surface area contributed by atoms with Gasteiger partial charge in [-0.05, 0) is 24.3 Å². The first-order valence-electron chi connectivity index (χ1n) is 6.33. The zero-order valence-corrected chi connectivity index (χ0v) is 10.3. The van der Waals surface area contributed by atoms with Crippen molar-refractivity contribution in [2.24, 2.45) is 0 Å². The van der Waals surface area contributed by atoms with E-state index in [2.05, 4.69) is 5.32 Å². The van der Waals surface area contributed by atoms with Crippen LogP contribution in [0.25, 0.3) is 0 Å². The fourth-order valence-corrected chi connectivity index (χ4v) is 2.34. The second-order valence-corrected chi connectivity index (χ2v) is 4.55. The maximum absolute atomic E-state index is 5.79. The van der Waals surface area contributed by atoms with E-state index in [-0.39, 0.29) is 7.12 Å². The standard InChI is InChI=1S/C14H12BNO3/c1-2-4-14-13(3-1)18-15(19-14)10-5-6-12-11(9-10)16-7-8-17-12/h1-6,9,16H,7-8H2. The van der Waals surface area contributed by atoms with Gasteiger partial charge in [0.15, 0.2) is 0 Å². The van der Waals surface area contributed by atoms with Crippen molar-refractivity contribution in [1.82, 2.24) is 0 Å². The van der Waals surface area contributed by atoms with Gasteiger partial charge in [-0.3, -0.25) is 0 Å². The minimum Gasteiger partial charge on any atom is -0.519 e. The van der Waals surface area contributed by atoms with Gasteiger partial charge in [0.2, 0.25) is 0 Å². The van der Waals surface area contributed by atoms with Crippen molar-refractivity contribution >= 4 is 18.3 Å². The van der Waals surface area contributed by atoms with Gasteiger partial charge >= 0.3 is 7.12 Å². The molecule has 19 heavy (non-hydrogen) atoms. The lowest BCUT2D eigenvalue weighted by Crippen LogP contribution is -2.39. The van der Waals surface area contributed by atoms with E-state index in [0.29, 0.717) is 6.61 Å². The van der Waals surface area contributed by atoms with Crippen molar-refractivity contribution in [3.05, 3.63) is 42.5 Å². The first kappa shape index (κ1) is 10.6. The lowest BCUT2D eigenvalue weighted by Gasteiger charge is -2.19. The van der Waals surface area contributed by atoms with E-state index < -0.39 is 0 Å². The minimum atomic E-state index is -0.383. The third kappa shape index (κ3) is 1.78. The molecule has 2 aromatic carbocycles. The molecule has 0 spiro atoms. The van der Waals surface area contributed by atoms with E-state index in [1.54, 1.807) is 0 Å². The Labute approximate surface area is 111 Å². The third-order valence-electron chi connectivity index (χ3n) is 3.27. The van der Waals surface area contributed by atoms with Crippen LogP contribution in [0, 0.1) is 0 Å². The van der Waals surface area contributed by atoms with Gasteiger partial charge in [-0.2, -0.15) is 0 Å². The van der Waals surface area contributed by atoms with Crippen molar-refractivity contribution in [3.63, 3.8) is 0 Å². The Kier molecular flexibility index (Phi) is 2.30. The van der Waals surface area contributed by atoms with Crippen LogP contribution in [0.3, 0.4) is 0 Å². The maximum atomic E-state index is 5.79. The summed E-state index contributed by atoms with van der Waals surface area (Å²) in [6.07, 6.45) is 0. The van der Waals surface area contributed by atoms with E-state index in [9.17, 15) is 0 Å². The summed E-state index contributed by atoms with van der Waals surface area (Å²) in [5.74, 6) is 2.45. The average molecular weight is 253 g/mol. The van der Waals surface area contributed by atoms with Gasteiger partial charge in [0, 0.05) is 12.0 Å². The smallest absolute Gasteiger partial charge is 0.519 e. The molecule has 2 aliphatic rings. The summed E-state index contributed by atoms with van der Waals surface area (Å²) in [5, 5.41) is 3.31. The molecular formula is C14H12BNO3. The predicted octanol–water partition coefficient (Wildman–Crippen LogP) is 1.66. The molecule has 0 bridgehead atoms. The molecular weight excluding hydrogens is 241 g/mol. The zero-order chi connectivity index (χ0) is 12.7. The number of para-hydroxylation sites is 2. The average Bonchev–Trinajstić information content (AvgIpc) is 2.90. The molecule has 4 nitrogen and oxygen atoms in total. The first-order chi connectivity index (χ1) is 9.40. The lowest BCUT2D eigenvalue weighted by molar-refractivity contribution is 0.323. The maximum Gasteiger partial charge on any atom is 0.632 e. The Morgan fingerprint density at radius 3 is 2.53 bits per heavy atom. The highest BCUT2D eigenvalue weighted by molar-refractivity contribution is 6.63. The van der Waals surface area contributed by atoms with E-state index in [1.165, 1.54) is 0 Å². The van der Waals surface area contributed by atoms with Crippen molar-refractivity contribution in [3.8, 4) is 17.2 Å². The number of nitrogens with one attached hydrogen (secondary N) is 1. The van der Waals surface area contributed by atoms with Crippen LogP contribution in [0.5, 0.6) is 17.2 Å². The molecule has 2 aromatic rings. The number of hydrogen-bond donors (Lipinski definition) is 1. The molecule has 0 radical (unpaired) electrons. The second kappa shape index (κ2) is 4.12. The van der Waals surface area contributed by atoms with Crippen LogP contribution < -0.4 is 24.8 Å². The van der Waals surface area contributed by atoms with Crippen LogP contribution in [-0.2, 0) is 0 Å². The molecule has 94 valence electrons. The Hall–Kier alpha value is -2.30. The molecule has 2 aliphatic heterocycles. The monoisotopic (exact) mass is 253 g/mol. The van der Waals surface area contributed by atoms with Gasteiger partial charge in [0.25, 0.3) is 0 Å². The summed E-state index contributed by atoms with van der Waals surface area (Å²) in [6.45, 7) is 1.53. The van der Waals surface area contributed by atoms with Crippen LogP contribution in [0.15, 0.2) is 42.5 Å². The lowest BCUT2D eigenvalue weighted by atomic mass is 9.79. The number of hydrogen-bond acceptors (Lipinski definition) is 4. The van der Waals surface area contributed by atoms with E-state index >= 15 is 0 Å². The van der Waals surface area contributed by atoms with Gasteiger partial charge in [-0.25, -0.2) is 0 Å². The Morgan fingerprint density at radius 1 is 0.947 bits per heavy atom. The molecule has 0 saturated carbocycles. The number of anilines is 1. The van der Waals surface area contributed by atoms with Crippen LogP contribution in [0.1, 0.15) is 0 Å². The van der Waals surface area contributed by atoms with Crippen LogP contribution >= 0.6 is 0 Å². The Bertz CT molecular complexity index is 607. The highest BCUT2D eigenvalue weighted by Crippen LogP contribution is 2.33. The van der Waals surface area contributed by atoms with Gasteiger partial charge in [0.05, 0.1) is 5.69 Å². The highest BCUT2D eigenvalue weighted by atomic mass is 16.6. The SMILES string of the molecule is c1ccc2c(c1)OB(c1ccc3c(c1)NCCO3)O2. The third-order valence-corrected chi connectivity index (χ3v) is 3.27. The molecule has 0 aromatic heterocycles. The number of fused-ring (bicyclic) bond motifs is 2. The molecule has 0 saturated heterocycles. The highest BCUT2D eigenvalue weighted by Gasteiger charge is 2.34. The summed E-state index contributed by atoms with van der Waals surface area (Å²) in [7, 11) is -0.383. The van der Waals surface area contributed by atoms with E-state index in [4.69, 9.17) is 14.0 Å². The number of ether oxygens (including phenoxy) is 1. The van der Waals surface area contributed by atoms with Crippen LogP contribution in [0.4, 0.5) is 5.69 Å². The zero-order valence-electron chi connectivity index (χ0n) is 10.3. The molecule has 0 atom stereocenters. The summed E-state index contributed by atoms with van der Waals surface area (Å²) < 4.78 is 17.1. The molecule has 4 rings (SSSR count). The number of benzene rings is 2. The van der Waals surface area contributed by atoms with Crippen LogP contribution in [-0.4, -0.2) is 20.3 Å². The fraction of sp³-hybridized carbons (Fsp3) is 0.143. The summed E-state index contributed by atoms with van der Waals surface area (Å²) >= 11 is 0. The minimum absolute atomic E-state index is 0.383. The largest absolute Gasteiger partial charge is 0.632 e. The van der Waals surface area contributed by atoms with E-state index in [0.717, 1.165) is 34.9 Å².